The number of thioether (sulfide) groups is 3. The monoisotopic (exact) mass is 1150 g/mol. The van der Waals surface area contributed by atoms with Crippen LogP contribution in [-0.2, 0) is 52.9 Å². The number of likely N-dealkylation sites (N-methyl/N-ethyl adjacent to an activating group) is 1. The first-order valence-electron chi connectivity index (χ1n) is 26.8. The second-order valence-electron chi connectivity index (χ2n) is 20.3. The predicted molar refractivity (Wildman–Crippen MR) is 320 cm³/mol. The van der Waals surface area contributed by atoms with Crippen molar-refractivity contribution in [2.75, 3.05) is 38.3 Å². The van der Waals surface area contributed by atoms with Gasteiger partial charge in [-0.1, -0.05) is 97.3 Å². The summed E-state index contributed by atoms with van der Waals surface area (Å²) in [6.45, 7) is 16.1. The van der Waals surface area contributed by atoms with E-state index in [9.17, 15) is 29.1 Å². The number of hydrogen-bond acceptors (Lipinski definition) is 16. The lowest BCUT2D eigenvalue weighted by molar-refractivity contribution is -0.120. The fraction of sp³-hybridized carbons (Fsp3) is 0.339. The number of hydrogen-bond donors (Lipinski definition) is 4. The normalized spacial score (nSPS) is 19.0. The van der Waals surface area contributed by atoms with Crippen molar-refractivity contribution in [3.05, 3.63) is 177 Å². The lowest BCUT2D eigenvalue weighted by atomic mass is 9.87. The number of rotatable bonds is 19. The molecule has 6 heterocycles. The summed E-state index contributed by atoms with van der Waals surface area (Å²) in [6.07, 6.45) is 8.82. The Labute approximate surface area is 486 Å². The standard InChI is InChI=1S/C25H29NO4S.C19H20N2O3S.C18H19N3O3S/c1-14-15(2)23-20(16(3)22(14)27)10-11-25(5,30-23)13-29-19-8-6-18(7-9-19)12-21-24(28)26-17(4)31-21;1-2-13-3-6-15(20-12-13)9-10-24-16-7-4-14(5-8-16)11-17-18(22)21-19(23)25-17;1-21(16-4-2-3-9-19-16)10-11-24-14-7-5-13(6-8-14)12-15-17(22)20-18(23)25-15/h6-9,21,27H,4,10-13H2,1-3,5H3,(H,26,28);3-8,12,17H,2,9-11H2,1H3,(H,21,22,23);2-9,15H,10-12H2,1H3,(H,20,22,23). The third kappa shape index (κ3) is 16.6. The van der Waals surface area contributed by atoms with E-state index in [1.807, 2.05) is 136 Å². The molecule has 3 fully saturated rings. The number of ether oxygens (including phenoxy) is 4. The number of carbonyl (C=O) groups excluding carboxylic acids is 5. The maximum absolute atomic E-state index is 11.9. The van der Waals surface area contributed by atoms with Crippen molar-refractivity contribution in [3.8, 4) is 28.7 Å². The lowest BCUT2D eigenvalue weighted by Crippen LogP contribution is -2.42. The van der Waals surface area contributed by atoms with Crippen molar-refractivity contribution in [3.63, 3.8) is 0 Å². The molecule has 6 aromatic rings. The van der Waals surface area contributed by atoms with Crippen molar-refractivity contribution in [2.45, 2.75) is 101 Å². The number of fused-ring (bicyclic) bond motifs is 1. The second kappa shape index (κ2) is 27.8. The van der Waals surface area contributed by atoms with Crippen molar-refractivity contribution in [1.82, 2.24) is 25.9 Å². The molecule has 2 aromatic heterocycles. The molecule has 4 aromatic carbocycles. The number of aromatic nitrogens is 2. The zero-order chi connectivity index (χ0) is 57.6. The molecule has 5 amide bonds. The molecule has 81 heavy (non-hydrogen) atoms. The molecule has 4 N–H and O–H groups in total. The van der Waals surface area contributed by atoms with Crippen molar-refractivity contribution >= 4 is 69.3 Å². The van der Waals surface area contributed by atoms with Crippen molar-refractivity contribution < 1.29 is 48.0 Å². The maximum Gasteiger partial charge on any atom is 0.286 e. The van der Waals surface area contributed by atoms with Gasteiger partial charge in [-0.05, 0) is 160 Å². The Kier molecular flexibility index (Phi) is 20.5. The molecule has 424 valence electrons. The van der Waals surface area contributed by atoms with Crippen LogP contribution < -0.4 is 39.8 Å². The van der Waals surface area contributed by atoms with E-state index in [2.05, 4.69) is 52.4 Å². The van der Waals surface area contributed by atoms with Gasteiger partial charge in [-0.2, -0.15) is 0 Å². The third-order valence-corrected chi connectivity index (χ3v) is 17.2. The van der Waals surface area contributed by atoms with Gasteiger partial charge in [-0.25, -0.2) is 4.98 Å². The maximum atomic E-state index is 11.9. The van der Waals surface area contributed by atoms with E-state index in [0.29, 0.717) is 49.9 Å². The molecule has 4 atom stereocenters. The molecule has 19 heteroatoms. The summed E-state index contributed by atoms with van der Waals surface area (Å²) >= 11 is 3.58. The van der Waals surface area contributed by atoms with Gasteiger partial charge in [0.15, 0.2) is 0 Å². The van der Waals surface area contributed by atoms with E-state index < -0.39 is 5.60 Å². The molecule has 0 aliphatic carbocycles. The molecule has 0 saturated carbocycles. The number of aryl methyl sites for hydroxylation is 1. The van der Waals surface area contributed by atoms with E-state index in [1.54, 1.807) is 6.20 Å². The highest BCUT2D eigenvalue weighted by Crippen LogP contribution is 2.43. The Balaban J connectivity index is 0.000000161. The molecule has 0 radical (unpaired) electrons. The first-order valence-corrected chi connectivity index (χ1v) is 29.5. The molecule has 3 saturated heterocycles. The Morgan fingerprint density at radius 3 is 1.68 bits per heavy atom. The fourth-order valence-corrected chi connectivity index (χ4v) is 11.8. The van der Waals surface area contributed by atoms with Gasteiger partial charge >= 0.3 is 0 Å². The molecular weight excluding hydrogens is 1080 g/mol. The Hall–Kier alpha value is -7.48. The van der Waals surface area contributed by atoms with E-state index in [1.165, 1.54) is 17.3 Å². The number of nitrogens with zero attached hydrogens (tertiary/aromatic N) is 3. The molecule has 4 aliphatic rings. The van der Waals surface area contributed by atoms with Gasteiger partial charge in [0.05, 0.1) is 33.9 Å². The van der Waals surface area contributed by atoms with Gasteiger partial charge in [-0.15, -0.1) is 0 Å². The first kappa shape index (κ1) is 59.6. The van der Waals surface area contributed by atoms with Crippen LogP contribution in [0.5, 0.6) is 28.7 Å². The number of nitrogens with one attached hydrogen (secondary N) is 3. The second-order valence-corrected chi connectivity index (χ2v) is 23.9. The number of aromatic hydroxyl groups is 1. The first-order chi connectivity index (χ1) is 38.9. The quantitative estimate of drug-likeness (QED) is 0.0595. The summed E-state index contributed by atoms with van der Waals surface area (Å²) < 4.78 is 24.0. The van der Waals surface area contributed by atoms with Crippen molar-refractivity contribution in [2.24, 2.45) is 0 Å². The Morgan fingerprint density at radius 1 is 0.667 bits per heavy atom. The van der Waals surface area contributed by atoms with Gasteiger partial charge in [0.2, 0.25) is 17.7 Å². The van der Waals surface area contributed by atoms with E-state index in [4.69, 9.17) is 18.9 Å². The van der Waals surface area contributed by atoms with Crippen LogP contribution in [0.25, 0.3) is 0 Å². The van der Waals surface area contributed by atoms with Gasteiger partial charge in [0.1, 0.15) is 53.4 Å². The van der Waals surface area contributed by atoms with Crippen LogP contribution in [0.1, 0.15) is 70.5 Å². The summed E-state index contributed by atoms with van der Waals surface area (Å²) in [6, 6.07) is 33.1. The van der Waals surface area contributed by atoms with Gasteiger partial charge in [-0.3, -0.25) is 39.6 Å². The number of carbonyl (C=O) groups is 5. The van der Waals surface area contributed by atoms with Crippen LogP contribution in [0.4, 0.5) is 15.4 Å². The summed E-state index contributed by atoms with van der Waals surface area (Å²) in [5.74, 6) is 4.10. The largest absolute Gasteiger partial charge is 0.507 e. The molecule has 10 rings (SSSR count). The molecule has 16 nitrogen and oxygen atoms in total. The van der Waals surface area contributed by atoms with E-state index >= 15 is 0 Å². The lowest BCUT2D eigenvalue weighted by Gasteiger charge is -2.37. The molecule has 0 bridgehead atoms. The van der Waals surface area contributed by atoms with E-state index in [-0.39, 0.29) is 43.9 Å². The average molecular weight is 1150 g/mol. The topological polar surface area (TPSA) is 208 Å². The average Bonchev–Trinajstić information content (AvgIpc) is 4.19. The van der Waals surface area contributed by atoms with Crippen LogP contribution in [0.2, 0.25) is 0 Å². The predicted octanol–water partition coefficient (Wildman–Crippen LogP) is 10.4. The number of anilines is 1. The number of phenolic OH excluding ortho intramolecular Hbond substituents is 1. The molecular formula is C62H68N6O10S3. The minimum atomic E-state index is -0.439. The summed E-state index contributed by atoms with van der Waals surface area (Å²) in [4.78, 5) is 68.2. The van der Waals surface area contributed by atoms with Crippen LogP contribution in [-0.4, -0.2) is 98.0 Å². The van der Waals surface area contributed by atoms with Crippen LogP contribution >= 0.6 is 35.3 Å². The SMILES string of the molecule is C=C1NC(=O)C(Cc2ccc(OCC3(C)CCc4c(C)c(O)c(C)c(C)c4O3)cc2)S1.CCc1ccc(CCOc2ccc(CC3SC(=O)NC3=O)cc2)nc1.CN(CCOc1ccc(CC2SC(=O)NC2=O)cc1)c1ccccn1. The Bertz CT molecular complexity index is 3200. The molecule has 0 spiro atoms. The van der Waals surface area contributed by atoms with E-state index in [0.717, 1.165) is 129 Å². The Morgan fingerprint density at radius 2 is 1.20 bits per heavy atom. The number of benzene rings is 4. The smallest absolute Gasteiger partial charge is 0.286 e. The fourth-order valence-electron chi connectivity index (χ4n) is 9.18. The summed E-state index contributed by atoms with van der Waals surface area (Å²) in [5.41, 5.74) is 8.77. The summed E-state index contributed by atoms with van der Waals surface area (Å²) in [7, 11) is 1.97. The number of amides is 5. The van der Waals surface area contributed by atoms with Gasteiger partial charge in [0, 0.05) is 37.1 Å². The van der Waals surface area contributed by atoms with Crippen molar-refractivity contribution in [1.29, 1.82) is 0 Å². The number of phenols is 1. The van der Waals surface area contributed by atoms with Gasteiger partial charge in [0.25, 0.3) is 10.5 Å². The van der Waals surface area contributed by atoms with Crippen LogP contribution in [0.3, 0.4) is 0 Å². The van der Waals surface area contributed by atoms with Gasteiger partial charge < -0.3 is 34.3 Å². The van der Waals surface area contributed by atoms with Crippen LogP contribution in [0, 0.1) is 20.8 Å². The zero-order valence-corrected chi connectivity index (χ0v) is 48.8. The number of imide groups is 2. The molecule has 4 unspecified atom stereocenters. The summed E-state index contributed by atoms with van der Waals surface area (Å²) in [5, 5.41) is 17.1. The highest BCUT2D eigenvalue weighted by molar-refractivity contribution is 8.15. The minimum Gasteiger partial charge on any atom is -0.507 e. The highest BCUT2D eigenvalue weighted by Gasteiger charge is 2.36. The highest BCUT2D eigenvalue weighted by atomic mass is 32.2. The zero-order valence-electron chi connectivity index (χ0n) is 46.4. The number of pyridine rings is 2. The molecule has 4 aliphatic heterocycles. The third-order valence-electron chi connectivity index (χ3n) is 14.2. The van der Waals surface area contributed by atoms with Crippen LogP contribution in [0.15, 0.2) is 127 Å². The minimum absolute atomic E-state index is 0.0204.